The minimum Gasteiger partial charge on any atom is -0.503 e. The first-order valence-electron chi connectivity index (χ1n) is 9.41. The number of ketones is 1. The van der Waals surface area contributed by atoms with E-state index in [9.17, 15) is 14.7 Å². The van der Waals surface area contributed by atoms with Crippen LogP contribution >= 0.6 is 0 Å². The number of aromatic hydroxyl groups is 1. The van der Waals surface area contributed by atoms with Gasteiger partial charge in [0.2, 0.25) is 11.6 Å². The van der Waals surface area contributed by atoms with Crippen molar-refractivity contribution in [1.82, 2.24) is 4.98 Å². The number of hydrogen-bond acceptors (Lipinski definition) is 5. The van der Waals surface area contributed by atoms with Crippen molar-refractivity contribution in [2.45, 2.75) is 52.9 Å². The molecule has 146 valence electrons. The Morgan fingerprint density at radius 2 is 1.77 bits per heavy atom. The van der Waals surface area contributed by atoms with Crippen molar-refractivity contribution in [3.8, 4) is 17.4 Å². The molecule has 0 saturated heterocycles. The number of H-pyrrole nitrogens is 1. The first kappa shape index (κ1) is 20.3. The van der Waals surface area contributed by atoms with E-state index in [1.807, 2.05) is 6.92 Å². The summed E-state index contributed by atoms with van der Waals surface area (Å²) in [6, 6.07) is 0. The van der Waals surface area contributed by atoms with Gasteiger partial charge in [-0.1, -0.05) is 33.6 Å². The van der Waals surface area contributed by atoms with Gasteiger partial charge in [-0.05, 0) is 37.0 Å². The van der Waals surface area contributed by atoms with Crippen LogP contribution in [-0.2, 0) is 0 Å². The number of aromatic amines is 1. The van der Waals surface area contributed by atoms with Crippen molar-refractivity contribution < 1.29 is 19.4 Å². The van der Waals surface area contributed by atoms with Crippen molar-refractivity contribution in [3.63, 3.8) is 0 Å². The zero-order valence-electron chi connectivity index (χ0n) is 16.4. The zero-order valence-corrected chi connectivity index (χ0v) is 16.4. The number of carbonyl (C=O) groups is 1. The minimum absolute atomic E-state index is 0.00575. The molecule has 0 amide bonds. The van der Waals surface area contributed by atoms with Crippen molar-refractivity contribution in [3.05, 3.63) is 15.9 Å². The van der Waals surface area contributed by atoms with Crippen molar-refractivity contribution in [2.24, 2.45) is 23.7 Å². The minimum atomic E-state index is -0.652. The van der Waals surface area contributed by atoms with E-state index in [1.54, 1.807) is 0 Å². The fourth-order valence-electron chi connectivity index (χ4n) is 4.06. The summed E-state index contributed by atoms with van der Waals surface area (Å²) in [5.41, 5.74) is -0.897. The SMILES string of the molecule is COc1[nH]c(=O)c(C(=O)C(C)CC2CCC(C(C)C)CC2)c(O)c1OC. The highest BCUT2D eigenvalue weighted by Crippen LogP contribution is 2.39. The van der Waals surface area contributed by atoms with Crippen LogP contribution in [0.5, 0.6) is 17.4 Å². The highest BCUT2D eigenvalue weighted by Gasteiger charge is 2.30. The van der Waals surface area contributed by atoms with Gasteiger partial charge < -0.3 is 14.6 Å². The van der Waals surface area contributed by atoms with Crippen molar-refractivity contribution >= 4 is 5.78 Å². The number of methoxy groups -OCH3 is 2. The molecule has 1 aliphatic carbocycles. The van der Waals surface area contributed by atoms with Gasteiger partial charge >= 0.3 is 0 Å². The summed E-state index contributed by atoms with van der Waals surface area (Å²) in [7, 11) is 2.70. The number of rotatable bonds is 7. The summed E-state index contributed by atoms with van der Waals surface area (Å²) in [6.45, 7) is 6.36. The lowest BCUT2D eigenvalue weighted by atomic mass is 9.74. The van der Waals surface area contributed by atoms with E-state index in [1.165, 1.54) is 27.1 Å². The highest BCUT2D eigenvalue weighted by molar-refractivity contribution is 6.00. The predicted octanol–water partition coefficient (Wildman–Crippen LogP) is 3.77. The van der Waals surface area contributed by atoms with Gasteiger partial charge in [0.25, 0.3) is 5.56 Å². The van der Waals surface area contributed by atoms with Crippen LogP contribution < -0.4 is 15.0 Å². The van der Waals surface area contributed by atoms with E-state index >= 15 is 0 Å². The first-order valence-corrected chi connectivity index (χ1v) is 9.41. The van der Waals surface area contributed by atoms with Gasteiger partial charge in [-0.3, -0.25) is 14.6 Å². The number of ether oxygens (including phenoxy) is 2. The number of carbonyl (C=O) groups excluding carboxylic acids is 1. The Hall–Kier alpha value is -1.98. The standard InChI is InChI=1S/C20H31NO5/c1-11(2)14-8-6-13(7-9-14)10-12(3)16(22)15-17(23)18(25-4)20(26-5)21-19(15)24/h11-14H,6-10H2,1-5H3,(H2,21,23,24). The monoisotopic (exact) mass is 365 g/mol. The number of aromatic nitrogens is 1. The second-order valence-corrected chi connectivity index (χ2v) is 7.77. The number of nitrogens with one attached hydrogen (secondary N) is 1. The third-order valence-electron chi connectivity index (χ3n) is 5.74. The van der Waals surface area contributed by atoms with E-state index in [0.717, 1.165) is 25.2 Å². The van der Waals surface area contributed by atoms with Crippen LogP contribution in [0.25, 0.3) is 0 Å². The molecule has 6 heteroatoms. The normalized spacial score (nSPS) is 21.5. The molecule has 1 atom stereocenters. The van der Waals surface area contributed by atoms with Crippen LogP contribution in [-0.4, -0.2) is 30.1 Å². The molecule has 26 heavy (non-hydrogen) atoms. The molecule has 0 aromatic carbocycles. The van der Waals surface area contributed by atoms with E-state index in [0.29, 0.717) is 11.8 Å². The molecule has 1 aromatic heterocycles. The Balaban J connectivity index is 2.13. The smallest absolute Gasteiger partial charge is 0.265 e. The molecule has 1 unspecified atom stereocenters. The number of pyridine rings is 1. The molecule has 1 fully saturated rings. The van der Waals surface area contributed by atoms with E-state index in [2.05, 4.69) is 18.8 Å². The number of hydrogen-bond donors (Lipinski definition) is 2. The third-order valence-corrected chi connectivity index (χ3v) is 5.74. The predicted molar refractivity (Wildman–Crippen MR) is 100 cm³/mol. The quantitative estimate of drug-likeness (QED) is 0.718. The summed E-state index contributed by atoms with van der Waals surface area (Å²) in [6.07, 6.45) is 5.37. The van der Waals surface area contributed by atoms with Crippen LogP contribution in [0, 0.1) is 23.7 Å². The van der Waals surface area contributed by atoms with Gasteiger partial charge in [-0.2, -0.15) is 0 Å². The Kier molecular flexibility index (Phi) is 6.73. The molecule has 2 N–H and O–H groups in total. The maximum atomic E-state index is 12.8. The molecule has 2 rings (SSSR count). The van der Waals surface area contributed by atoms with Crippen LogP contribution in [0.3, 0.4) is 0 Å². The van der Waals surface area contributed by atoms with Crippen LogP contribution in [0.15, 0.2) is 4.79 Å². The van der Waals surface area contributed by atoms with Crippen LogP contribution in [0.1, 0.15) is 63.2 Å². The van der Waals surface area contributed by atoms with Crippen molar-refractivity contribution in [1.29, 1.82) is 0 Å². The molecule has 1 saturated carbocycles. The lowest BCUT2D eigenvalue weighted by molar-refractivity contribution is 0.0892. The average molecular weight is 365 g/mol. The summed E-state index contributed by atoms with van der Waals surface area (Å²) >= 11 is 0. The topological polar surface area (TPSA) is 88.6 Å². The van der Waals surface area contributed by atoms with E-state index in [-0.39, 0.29) is 28.9 Å². The Morgan fingerprint density at radius 1 is 1.15 bits per heavy atom. The van der Waals surface area contributed by atoms with Crippen LogP contribution in [0.4, 0.5) is 0 Å². The fourth-order valence-corrected chi connectivity index (χ4v) is 4.06. The molecule has 1 aromatic rings. The summed E-state index contributed by atoms with van der Waals surface area (Å²) < 4.78 is 10.1. The third kappa shape index (κ3) is 4.22. The first-order chi connectivity index (χ1) is 12.3. The lowest BCUT2D eigenvalue weighted by Gasteiger charge is -2.32. The fraction of sp³-hybridized carbons (Fsp3) is 0.700. The maximum Gasteiger partial charge on any atom is 0.265 e. The van der Waals surface area contributed by atoms with Crippen molar-refractivity contribution in [2.75, 3.05) is 14.2 Å². The van der Waals surface area contributed by atoms with E-state index < -0.39 is 11.3 Å². The zero-order chi connectivity index (χ0) is 19.4. The molecule has 0 spiro atoms. The average Bonchev–Trinajstić information content (AvgIpc) is 2.61. The molecule has 1 aliphatic rings. The maximum absolute atomic E-state index is 12.8. The molecule has 0 radical (unpaired) electrons. The Morgan fingerprint density at radius 3 is 2.27 bits per heavy atom. The second-order valence-electron chi connectivity index (χ2n) is 7.77. The Bertz CT molecular complexity index is 686. The van der Waals surface area contributed by atoms with Gasteiger partial charge in [-0.25, -0.2) is 0 Å². The van der Waals surface area contributed by atoms with Crippen LogP contribution in [0.2, 0.25) is 0 Å². The summed E-state index contributed by atoms with van der Waals surface area (Å²) in [5.74, 6) is 0.814. The molecule has 0 bridgehead atoms. The lowest BCUT2D eigenvalue weighted by Crippen LogP contribution is -2.26. The second kappa shape index (κ2) is 8.60. The highest BCUT2D eigenvalue weighted by atomic mass is 16.5. The van der Waals surface area contributed by atoms with Gasteiger partial charge in [0.1, 0.15) is 5.56 Å². The van der Waals surface area contributed by atoms with E-state index in [4.69, 9.17) is 9.47 Å². The van der Waals surface area contributed by atoms with Gasteiger partial charge in [0.15, 0.2) is 11.5 Å². The summed E-state index contributed by atoms with van der Waals surface area (Å²) in [5, 5.41) is 10.4. The van der Waals surface area contributed by atoms with Gasteiger partial charge in [0.05, 0.1) is 14.2 Å². The van der Waals surface area contributed by atoms with Gasteiger partial charge in [0, 0.05) is 5.92 Å². The molecular formula is C20H31NO5. The summed E-state index contributed by atoms with van der Waals surface area (Å²) in [4.78, 5) is 27.6. The Labute approximate surface area is 154 Å². The number of Topliss-reactive ketones (excluding diaryl/α,β-unsaturated/α-hetero) is 1. The molecular weight excluding hydrogens is 334 g/mol. The largest absolute Gasteiger partial charge is 0.503 e. The molecule has 0 aliphatic heterocycles. The molecule has 1 heterocycles. The molecule has 6 nitrogen and oxygen atoms in total. The van der Waals surface area contributed by atoms with Gasteiger partial charge in [-0.15, -0.1) is 0 Å².